The van der Waals surface area contributed by atoms with Gasteiger partial charge in [-0.05, 0) is 6.42 Å². The molecule has 0 aliphatic rings. The largest absolute Gasteiger partial charge is 0.389 e. The van der Waals surface area contributed by atoms with Crippen LogP contribution in [-0.2, 0) is 10.8 Å². The van der Waals surface area contributed by atoms with Crippen molar-refractivity contribution in [3.05, 3.63) is 18.1 Å². The number of nitrogens with two attached hydrogens (primary N) is 1. The Balaban J connectivity index is 2.58. The molecule has 0 saturated carbocycles. The molecule has 0 bridgehead atoms. The van der Waals surface area contributed by atoms with Crippen LogP contribution in [0.15, 0.2) is 12.5 Å². The third kappa shape index (κ3) is 4.35. The van der Waals surface area contributed by atoms with Crippen LogP contribution in [0.3, 0.4) is 0 Å². The van der Waals surface area contributed by atoms with Gasteiger partial charge in [-0.2, -0.15) is 0 Å². The van der Waals surface area contributed by atoms with Crippen LogP contribution in [0, 0.1) is 0 Å². The Morgan fingerprint density at radius 2 is 2.41 bits per heavy atom. The first kappa shape index (κ1) is 14.0. The first-order chi connectivity index (χ1) is 8.02. The van der Waals surface area contributed by atoms with Gasteiger partial charge in [0.15, 0.2) is 0 Å². The van der Waals surface area contributed by atoms with E-state index in [1.54, 1.807) is 12.5 Å². The molecule has 1 rings (SSSR count). The zero-order valence-electron chi connectivity index (χ0n) is 9.84. The number of hydrogen-bond donors (Lipinski definition) is 2. The monoisotopic (exact) mass is 272 g/mol. The highest BCUT2D eigenvalue weighted by molar-refractivity contribution is 7.84. The summed E-state index contributed by atoms with van der Waals surface area (Å²) in [5, 5.41) is 3.28. The molecule has 0 aromatic carbocycles. The fourth-order valence-electron chi connectivity index (χ4n) is 1.21. The summed E-state index contributed by atoms with van der Waals surface area (Å²) in [5.74, 6) is 0.626. The highest BCUT2D eigenvalue weighted by atomic mass is 32.2. The number of nitrogens with one attached hydrogen (secondary N) is 1. The van der Waals surface area contributed by atoms with Crippen molar-refractivity contribution in [2.75, 3.05) is 18.1 Å². The van der Waals surface area contributed by atoms with Gasteiger partial charge in [0.25, 0.3) is 0 Å². The van der Waals surface area contributed by atoms with E-state index in [2.05, 4.69) is 15.3 Å². The Hall–Kier alpha value is -1.08. The zero-order valence-corrected chi connectivity index (χ0v) is 11.5. The molecule has 17 heavy (non-hydrogen) atoms. The fraction of sp³-hybridized carbons (Fsp3) is 0.500. The lowest BCUT2D eigenvalue weighted by molar-refractivity contribution is 0.672. The standard InChI is InChI=1S/C10H16N4OS2/c1-7(17(2)15)3-4-13-10-8(9(11)16)5-12-6-14-10/h5-7H,3-4H2,1-2H3,(H2,11,16)(H,12,13,14). The zero-order chi connectivity index (χ0) is 12.8. The quantitative estimate of drug-likeness (QED) is 0.741. The van der Waals surface area contributed by atoms with Crippen molar-refractivity contribution >= 4 is 33.8 Å². The van der Waals surface area contributed by atoms with Crippen LogP contribution in [0.25, 0.3) is 0 Å². The molecule has 1 aromatic heterocycles. The van der Waals surface area contributed by atoms with E-state index in [-0.39, 0.29) is 10.2 Å². The summed E-state index contributed by atoms with van der Waals surface area (Å²) in [6.45, 7) is 2.62. The highest BCUT2D eigenvalue weighted by Crippen LogP contribution is 2.10. The molecule has 3 N–H and O–H groups in total. The number of nitrogens with zero attached hydrogens (tertiary/aromatic N) is 2. The van der Waals surface area contributed by atoms with Crippen molar-refractivity contribution in [2.45, 2.75) is 18.6 Å². The Labute approximate surface area is 109 Å². The number of anilines is 1. The molecule has 0 aliphatic carbocycles. The van der Waals surface area contributed by atoms with E-state index in [9.17, 15) is 4.21 Å². The third-order valence-electron chi connectivity index (χ3n) is 2.39. The smallest absolute Gasteiger partial charge is 0.139 e. The first-order valence-electron chi connectivity index (χ1n) is 5.18. The summed E-state index contributed by atoms with van der Waals surface area (Å²) >= 11 is 4.90. The molecule has 2 unspecified atom stereocenters. The summed E-state index contributed by atoms with van der Waals surface area (Å²) in [6.07, 6.45) is 5.52. The van der Waals surface area contributed by atoms with Crippen molar-refractivity contribution in [1.29, 1.82) is 0 Å². The SMILES string of the molecule is CC(CCNc1ncncc1C(N)=S)S(C)=O. The van der Waals surface area contributed by atoms with Gasteiger partial charge in [0, 0.05) is 35.0 Å². The molecule has 0 spiro atoms. The molecule has 5 nitrogen and oxygen atoms in total. The van der Waals surface area contributed by atoms with E-state index in [0.29, 0.717) is 17.9 Å². The Morgan fingerprint density at radius 1 is 1.71 bits per heavy atom. The van der Waals surface area contributed by atoms with Crippen LogP contribution in [0.4, 0.5) is 5.82 Å². The van der Waals surface area contributed by atoms with Crippen LogP contribution >= 0.6 is 12.2 Å². The van der Waals surface area contributed by atoms with Crippen molar-refractivity contribution in [1.82, 2.24) is 9.97 Å². The van der Waals surface area contributed by atoms with Gasteiger partial charge in [0.2, 0.25) is 0 Å². The van der Waals surface area contributed by atoms with Crippen LogP contribution < -0.4 is 11.1 Å². The molecule has 0 amide bonds. The average Bonchev–Trinajstić information content (AvgIpc) is 2.29. The summed E-state index contributed by atoms with van der Waals surface area (Å²) in [7, 11) is -0.806. The van der Waals surface area contributed by atoms with E-state index >= 15 is 0 Å². The second-order valence-electron chi connectivity index (χ2n) is 3.67. The molecule has 7 heteroatoms. The van der Waals surface area contributed by atoms with Crippen LogP contribution in [0.2, 0.25) is 0 Å². The van der Waals surface area contributed by atoms with Gasteiger partial charge in [-0.1, -0.05) is 19.1 Å². The van der Waals surface area contributed by atoms with E-state index in [4.69, 9.17) is 18.0 Å². The summed E-state index contributed by atoms with van der Waals surface area (Å²) in [6, 6.07) is 0. The van der Waals surface area contributed by atoms with E-state index in [0.717, 1.165) is 6.42 Å². The molecular formula is C10H16N4OS2. The van der Waals surface area contributed by atoms with Crippen molar-refractivity contribution in [3.8, 4) is 0 Å². The molecule has 0 aliphatic heterocycles. The molecule has 2 atom stereocenters. The molecule has 1 heterocycles. The second kappa shape index (κ2) is 6.61. The maximum absolute atomic E-state index is 11.2. The second-order valence-corrected chi connectivity index (χ2v) is 5.92. The van der Waals surface area contributed by atoms with E-state index < -0.39 is 10.8 Å². The number of thiocarbonyl (C=S) groups is 1. The fourth-order valence-corrected chi connectivity index (χ4v) is 1.81. The summed E-state index contributed by atoms with van der Waals surface area (Å²) in [5.41, 5.74) is 6.19. The number of rotatable bonds is 6. The van der Waals surface area contributed by atoms with E-state index in [1.807, 2.05) is 6.92 Å². The van der Waals surface area contributed by atoms with Gasteiger partial charge in [0.1, 0.15) is 17.1 Å². The third-order valence-corrected chi connectivity index (χ3v) is 3.98. The summed E-state index contributed by atoms with van der Waals surface area (Å²) < 4.78 is 11.2. The van der Waals surface area contributed by atoms with Crippen LogP contribution in [-0.4, -0.2) is 37.2 Å². The minimum Gasteiger partial charge on any atom is -0.389 e. The Morgan fingerprint density at radius 3 is 3.00 bits per heavy atom. The minimum atomic E-state index is -0.806. The lowest BCUT2D eigenvalue weighted by atomic mass is 10.3. The Bertz CT molecular complexity index is 425. The van der Waals surface area contributed by atoms with Crippen molar-refractivity contribution in [3.63, 3.8) is 0 Å². The van der Waals surface area contributed by atoms with Gasteiger partial charge >= 0.3 is 0 Å². The Kier molecular flexibility index (Phi) is 5.43. The average molecular weight is 272 g/mol. The minimum absolute atomic E-state index is 0.151. The van der Waals surface area contributed by atoms with Crippen molar-refractivity contribution < 1.29 is 4.21 Å². The van der Waals surface area contributed by atoms with Gasteiger partial charge < -0.3 is 11.1 Å². The number of aromatic nitrogens is 2. The molecule has 0 radical (unpaired) electrons. The molecule has 1 aromatic rings. The predicted octanol–water partition coefficient (Wildman–Crippen LogP) is 0.680. The highest BCUT2D eigenvalue weighted by Gasteiger charge is 2.08. The first-order valence-corrected chi connectivity index (χ1v) is 7.21. The molecule has 94 valence electrons. The molecule has 0 fully saturated rings. The number of hydrogen-bond acceptors (Lipinski definition) is 5. The lowest BCUT2D eigenvalue weighted by Gasteiger charge is -2.11. The van der Waals surface area contributed by atoms with Gasteiger partial charge in [0.05, 0.1) is 5.56 Å². The van der Waals surface area contributed by atoms with Crippen LogP contribution in [0.5, 0.6) is 0 Å². The van der Waals surface area contributed by atoms with E-state index in [1.165, 1.54) is 6.33 Å². The van der Waals surface area contributed by atoms with Gasteiger partial charge in [-0.15, -0.1) is 0 Å². The van der Waals surface area contributed by atoms with Gasteiger partial charge in [-0.3, -0.25) is 4.21 Å². The van der Waals surface area contributed by atoms with Crippen molar-refractivity contribution in [2.24, 2.45) is 5.73 Å². The maximum atomic E-state index is 11.2. The molecule has 0 saturated heterocycles. The summed E-state index contributed by atoms with van der Waals surface area (Å²) in [4.78, 5) is 8.21. The lowest BCUT2D eigenvalue weighted by Crippen LogP contribution is -2.18. The predicted molar refractivity (Wildman–Crippen MR) is 74.6 cm³/mol. The molecular weight excluding hydrogens is 256 g/mol. The van der Waals surface area contributed by atoms with Gasteiger partial charge in [-0.25, -0.2) is 9.97 Å². The van der Waals surface area contributed by atoms with Crippen LogP contribution in [0.1, 0.15) is 18.9 Å². The maximum Gasteiger partial charge on any atom is 0.139 e. The normalized spacial score (nSPS) is 14.0. The topological polar surface area (TPSA) is 80.9 Å².